The smallest absolute Gasteiger partial charge is 0.331 e. The maximum Gasteiger partial charge on any atom is 0.331 e. The molecule has 0 radical (unpaired) electrons. The Labute approximate surface area is 241 Å². The van der Waals surface area contributed by atoms with E-state index in [1.807, 2.05) is 30.3 Å². The number of hydrogen-bond acceptors (Lipinski definition) is 9. The molecule has 9 nitrogen and oxygen atoms in total. The van der Waals surface area contributed by atoms with Gasteiger partial charge in [0.05, 0.1) is 33.9 Å². The van der Waals surface area contributed by atoms with Crippen molar-refractivity contribution in [1.82, 2.24) is 0 Å². The summed E-state index contributed by atoms with van der Waals surface area (Å²) in [6, 6.07) is 14.4. The number of fused-ring (bicyclic) bond motifs is 3. The maximum absolute atomic E-state index is 13.3. The Hall–Kier alpha value is -4.37. The van der Waals surface area contributed by atoms with E-state index in [4.69, 9.17) is 44.8 Å². The van der Waals surface area contributed by atoms with Crippen LogP contribution in [0.4, 0.5) is 0 Å². The van der Waals surface area contributed by atoms with Crippen molar-refractivity contribution in [3.05, 3.63) is 81.9 Å². The second kappa shape index (κ2) is 10.9. The minimum absolute atomic E-state index is 0.0643. The number of rotatable bonds is 7. The molecule has 0 bridgehead atoms. The Morgan fingerprint density at radius 3 is 2.29 bits per heavy atom. The molecule has 1 aliphatic carbocycles. The third kappa shape index (κ3) is 4.80. The molecule has 212 valence electrons. The van der Waals surface area contributed by atoms with Crippen LogP contribution in [-0.2, 0) is 19.1 Å². The number of carbonyl (C=O) groups excluding carboxylic acids is 2. The molecule has 3 aromatic carbocycles. The minimum Gasteiger partial charge on any atom is -0.493 e. The van der Waals surface area contributed by atoms with E-state index in [1.54, 1.807) is 24.3 Å². The number of hydrogen-bond donors (Lipinski definition) is 0. The number of benzene rings is 3. The second-order valence-corrected chi connectivity index (χ2v) is 10.3. The van der Waals surface area contributed by atoms with Crippen molar-refractivity contribution >= 4 is 29.6 Å². The summed E-state index contributed by atoms with van der Waals surface area (Å²) in [5.41, 5.74) is 2.96. The first kappa shape index (κ1) is 26.8. The zero-order valence-corrected chi connectivity index (χ0v) is 23.3. The third-order valence-corrected chi connectivity index (χ3v) is 7.90. The Morgan fingerprint density at radius 1 is 0.927 bits per heavy atom. The van der Waals surface area contributed by atoms with Crippen molar-refractivity contribution in [2.75, 3.05) is 34.7 Å². The first-order valence-electron chi connectivity index (χ1n) is 13.0. The maximum atomic E-state index is 13.3. The van der Waals surface area contributed by atoms with Crippen LogP contribution < -0.4 is 23.7 Å². The van der Waals surface area contributed by atoms with Gasteiger partial charge in [0, 0.05) is 28.5 Å². The van der Waals surface area contributed by atoms with E-state index in [-0.39, 0.29) is 19.4 Å². The Balaban J connectivity index is 1.45. The van der Waals surface area contributed by atoms with Crippen LogP contribution in [-0.4, -0.2) is 46.7 Å². The van der Waals surface area contributed by atoms with Crippen molar-refractivity contribution in [3.63, 3.8) is 0 Å². The molecule has 4 atom stereocenters. The standard InChI is InChI=1S/C31H27ClO9/c1-35-24-10-17(11-25(36-2)30(24)37-3)27-19-12-22-23(40-15-39-22)13-20(19)29(21-14-38-31(34)28(21)27)41-26(33)8-7-16-5-4-6-18(32)9-16/h4-13,21,27-29H,14-15H2,1-3H3/b8-7+/t21-,27+,28-,29-/m0/s1. The number of halogens is 1. The molecule has 2 aliphatic heterocycles. The Kier molecular flexibility index (Phi) is 7.13. The number of ether oxygens (including phenoxy) is 7. The van der Waals surface area contributed by atoms with Gasteiger partial charge in [-0.25, -0.2) is 4.79 Å². The largest absolute Gasteiger partial charge is 0.493 e. The van der Waals surface area contributed by atoms with Gasteiger partial charge in [-0.3, -0.25) is 4.79 Å². The summed E-state index contributed by atoms with van der Waals surface area (Å²) in [6.07, 6.45) is 2.20. The molecule has 10 heteroatoms. The highest BCUT2D eigenvalue weighted by atomic mass is 35.5. The van der Waals surface area contributed by atoms with Gasteiger partial charge in [0.15, 0.2) is 23.0 Å². The van der Waals surface area contributed by atoms with Crippen LogP contribution >= 0.6 is 11.6 Å². The first-order chi connectivity index (χ1) is 19.9. The van der Waals surface area contributed by atoms with Crippen molar-refractivity contribution in [2.24, 2.45) is 11.8 Å². The van der Waals surface area contributed by atoms with Gasteiger partial charge < -0.3 is 33.2 Å². The number of methoxy groups -OCH3 is 3. The Morgan fingerprint density at radius 2 is 1.63 bits per heavy atom. The molecule has 3 aromatic rings. The van der Waals surface area contributed by atoms with Crippen molar-refractivity contribution in [1.29, 1.82) is 0 Å². The summed E-state index contributed by atoms with van der Waals surface area (Å²) >= 11 is 6.07. The second-order valence-electron chi connectivity index (χ2n) is 9.84. The van der Waals surface area contributed by atoms with Crippen LogP contribution in [0.25, 0.3) is 6.08 Å². The fourth-order valence-corrected chi connectivity index (χ4v) is 6.08. The van der Waals surface area contributed by atoms with Crippen molar-refractivity contribution < 1.29 is 42.7 Å². The van der Waals surface area contributed by atoms with E-state index < -0.39 is 29.8 Å². The highest BCUT2D eigenvalue weighted by Gasteiger charge is 2.54. The zero-order valence-electron chi connectivity index (χ0n) is 22.5. The SMILES string of the molecule is COc1cc([C@@H]2c3cc4c(cc3[C@H](OC(=O)/C=C/c3cccc(Cl)c3)[C@H]3COC(=O)[C@H]23)OCO4)cc(OC)c1OC. The highest BCUT2D eigenvalue weighted by Crippen LogP contribution is 2.56. The van der Waals surface area contributed by atoms with Gasteiger partial charge in [-0.1, -0.05) is 23.7 Å². The molecule has 0 N–H and O–H groups in total. The lowest BCUT2D eigenvalue weighted by Crippen LogP contribution is -2.36. The Bertz CT molecular complexity index is 1520. The first-order valence-corrected chi connectivity index (χ1v) is 13.3. The topological polar surface area (TPSA) is 98.8 Å². The predicted octanol–water partition coefficient (Wildman–Crippen LogP) is 5.33. The molecule has 0 aromatic heterocycles. The minimum atomic E-state index is -0.772. The molecule has 0 saturated carbocycles. The van der Waals surface area contributed by atoms with Crippen LogP contribution in [0, 0.1) is 11.8 Å². The van der Waals surface area contributed by atoms with Crippen LogP contribution in [0.15, 0.2) is 54.6 Å². The fraction of sp³-hybridized carbons (Fsp3) is 0.290. The van der Waals surface area contributed by atoms with Gasteiger partial charge >= 0.3 is 11.9 Å². The zero-order chi connectivity index (χ0) is 28.7. The van der Waals surface area contributed by atoms with E-state index in [1.165, 1.54) is 27.4 Å². The molecule has 0 amide bonds. The number of cyclic esters (lactones) is 1. The summed E-state index contributed by atoms with van der Waals surface area (Å²) in [5.74, 6) is -0.129. The summed E-state index contributed by atoms with van der Waals surface area (Å²) in [5, 5.41) is 0.556. The molecule has 1 fully saturated rings. The molecule has 2 heterocycles. The van der Waals surface area contributed by atoms with E-state index in [0.29, 0.717) is 39.3 Å². The lowest BCUT2D eigenvalue weighted by Gasteiger charge is -2.38. The van der Waals surface area contributed by atoms with E-state index in [0.717, 1.165) is 16.7 Å². The summed E-state index contributed by atoms with van der Waals surface area (Å²) in [6.45, 7) is 0.156. The van der Waals surface area contributed by atoms with Crippen LogP contribution in [0.2, 0.25) is 5.02 Å². The van der Waals surface area contributed by atoms with Crippen LogP contribution in [0.5, 0.6) is 28.7 Å². The van der Waals surface area contributed by atoms with E-state index >= 15 is 0 Å². The summed E-state index contributed by atoms with van der Waals surface area (Å²) in [4.78, 5) is 26.4. The van der Waals surface area contributed by atoms with Crippen LogP contribution in [0.1, 0.15) is 34.3 Å². The predicted molar refractivity (Wildman–Crippen MR) is 148 cm³/mol. The summed E-state index contributed by atoms with van der Waals surface area (Å²) < 4.78 is 39.7. The van der Waals surface area contributed by atoms with Gasteiger partial charge in [0.1, 0.15) is 6.10 Å². The molecular formula is C31H27ClO9. The third-order valence-electron chi connectivity index (χ3n) is 7.67. The van der Waals surface area contributed by atoms with Gasteiger partial charge in [0.25, 0.3) is 0 Å². The molecule has 0 spiro atoms. The molecular weight excluding hydrogens is 552 g/mol. The van der Waals surface area contributed by atoms with Gasteiger partial charge in [-0.15, -0.1) is 0 Å². The van der Waals surface area contributed by atoms with Crippen LogP contribution in [0.3, 0.4) is 0 Å². The molecule has 41 heavy (non-hydrogen) atoms. The van der Waals surface area contributed by atoms with Crippen molar-refractivity contribution in [2.45, 2.75) is 12.0 Å². The van der Waals surface area contributed by atoms with E-state index in [2.05, 4.69) is 0 Å². The molecule has 0 unspecified atom stereocenters. The highest BCUT2D eigenvalue weighted by molar-refractivity contribution is 6.30. The van der Waals surface area contributed by atoms with E-state index in [9.17, 15) is 9.59 Å². The quantitative estimate of drug-likeness (QED) is 0.272. The average Bonchev–Trinajstić information content (AvgIpc) is 3.60. The van der Waals surface area contributed by atoms with Gasteiger partial charge in [0.2, 0.25) is 12.5 Å². The molecule has 6 rings (SSSR count). The van der Waals surface area contributed by atoms with Gasteiger partial charge in [-0.05, 0) is 59.2 Å². The normalized spacial score (nSPS) is 22.1. The lowest BCUT2D eigenvalue weighted by molar-refractivity contribution is -0.148. The summed E-state index contributed by atoms with van der Waals surface area (Å²) in [7, 11) is 4.60. The molecule has 3 aliphatic rings. The van der Waals surface area contributed by atoms with Crippen molar-refractivity contribution in [3.8, 4) is 28.7 Å². The average molecular weight is 579 g/mol. The van der Waals surface area contributed by atoms with Gasteiger partial charge in [-0.2, -0.15) is 0 Å². The number of carbonyl (C=O) groups is 2. The fourth-order valence-electron chi connectivity index (χ4n) is 5.88. The monoisotopic (exact) mass is 578 g/mol. The lowest BCUT2D eigenvalue weighted by atomic mass is 9.66. The number of esters is 2. The molecule has 1 saturated heterocycles.